The van der Waals surface area contributed by atoms with Gasteiger partial charge >= 0.3 is 0 Å². The zero-order chi connectivity index (χ0) is 21.1. The van der Waals surface area contributed by atoms with Crippen LogP contribution in [0.1, 0.15) is 21.5 Å². The van der Waals surface area contributed by atoms with E-state index >= 15 is 0 Å². The van der Waals surface area contributed by atoms with E-state index in [1.165, 1.54) is 18.2 Å². The van der Waals surface area contributed by atoms with Crippen molar-refractivity contribution < 1.29 is 23.9 Å². The van der Waals surface area contributed by atoms with Crippen molar-refractivity contribution in [3.05, 3.63) is 99.3 Å². The van der Waals surface area contributed by atoms with Gasteiger partial charge in [0.1, 0.15) is 23.9 Å². The first kappa shape index (κ1) is 19.2. The molecular formula is C23H17NO6. The summed E-state index contributed by atoms with van der Waals surface area (Å²) in [6, 6.07) is 18.5. The second-order valence-electron chi connectivity index (χ2n) is 6.59. The van der Waals surface area contributed by atoms with E-state index in [0.717, 1.165) is 11.3 Å². The average molecular weight is 403 g/mol. The molecule has 7 heteroatoms. The number of Topliss-reactive ketones (excluding diaryl/α,β-unsaturated/α-hetero) is 1. The monoisotopic (exact) mass is 403 g/mol. The average Bonchev–Trinajstić information content (AvgIpc) is 3.07. The first-order valence-electron chi connectivity index (χ1n) is 9.12. The van der Waals surface area contributed by atoms with Gasteiger partial charge in [0.05, 0.1) is 17.6 Å². The summed E-state index contributed by atoms with van der Waals surface area (Å²) < 4.78 is 16.7. The van der Waals surface area contributed by atoms with Gasteiger partial charge in [-0.2, -0.15) is 0 Å². The van der Waals surface area contributed by atoms with Crippen LogP contribution in [0.25, 0.3) is 6.08 Å². The predicted octanol–water partition coefficient (Wildman–Crippen LogP) is 4.80. The molecule has 7 nitrogen and oxygen atoms in total. The first-order valence-corrected chi connectivity index (χ1v) is 9.12. The lowest BCUT2D eigenvalue weighted by Crippen LogP contribution is -1.98. The van der Waals surface area contributed by atoms with E-state index in [2.05, 4.69) is 0 Å². The normalized spacial score (nSPS) is 13.6. The van der Waals surface area contributed by atoms with Gasteiger partial charge in [0.2, 0.25) is 5.78 Å². The lowest BCUT2D eigenvalue weighted by Gasteiger charge is -2.08. The molecule has 0 N–H and O–H groups in total. The minimum absolute atomic E-state index is 0.0551. The van der Waals surface area contributed by atoms with Crippen LogP contribution < -0.4 is 14.2 Å². The maximum atomic E-state index is 12.6. The number of fused-ring (bicyclic) bond motifs is 1. The van der Waals surface area contributed by atoms with Crippen LogP contribution in [0.2, 0.25) is 0 Å². The zero-order valence-electron chi connectivity index (χ0n) is 16.0. The molecule has 3 aromatic carbocycles. The second kappa shape index (κ2) is 8.08. The number of hydrogen-bond donors (Lipinski definition) is 0. The highest BCUT2D eigenvalue weighted by Gasteiger charge is 2.28. The maximum Gasteiger partial charge on any atom is 0.270 e. The summed E-state index contributed by atoms with van der Waals surface area (Å²) in [5.74, 6) is 1.52. The molecule has 1 aliphatic rings. The van der Waals surface area contributed by atoms with Crippen molar-refractivity contribution in [1.29, 1.82) is 0 Å². The fourth-order valence-corrected chi connectivity index (χ4v) is 3.07. The molecule has 0 saturated heterocycles. The number of nitro benzene ring substituents is 1. The number of ether oxygens (including phenoxy) is 3. The smallest absolute Gasteiger partial charge is 0.270 e. The Labute approximate surface area is 172 Å². The molecule has 4 rings (SSSR count). The third kappa shape index (κ3) is 4.00. The minimum atomic E-state index is -0.486. The van der Waals surface area contributed by atoms with Gasteiger partial charge in [0, 0.05) is 18.2 Å². The van der Waals surface area contributed by atoms with Gasteiger partial charge in [-0.1, -0.05) is 24.3 Å². The second-order valence-corrected chi connectivity index (χ2v) is 6.59. The molecule has 150 valence electrons. The highest BCUT2D eigenvalue weighted by atomic mass is 16.6. The Kier molecular flexibility index (Phi) is 5.17. The Morgan fingerprint density at radius 1 is 1.03 bits per heavy atom. The third-order valence-electron chi connectivity index (χ3n) is 4.56. The molecule has 0 aliphatic carbocycles. The lowest BCUT2D eigenvalue weighted by atomic mass is 10.1. The SMILES string of the molecule is COc1cccc(COc2ccc3c(c2)OC(=Cc2cccc([N+](=O)[O-])c2)C3=O)c1. The summed E-state index contributed by atoms with van der Waals surface area (Å²) in [7, 11) is 1.60. The topological polar surface area (TPSA) is 87.9 Å². The van der Waals surface area contributed by atoms with Crippen molar-refractivity contribution in [2.75, 3.05) is 7.11 Å². The Morgan fingerprint density at radius 2 is 1.87 bits per heavy atom. The fraction of sp³-hybridized carbons (Fsp3) is 0.0870. The molecule has 1 aliphatic heterocycles. The highest BCUT2D eigenvalue weighted by Crippen LogP contribution is 2.35. The molecule has 0 amide bonds. The Hall–Kier alpha value is -4.13. The van der Waals surface area contributed by atoms with Crippen LogP contribution in [-0.4, -0.2) is 17.8 Å². The van der Waals surface area contributed by atoms with Gasteiger partial charge in [0.15, 0.2) is 5.76 Å². The van der Waals surface area contributed by atoms with Crippen LogP contribution in [0, 0.1) is 10.1 Å². The fourth-order valence-electron chi connectivity index (χ4n) is 3.07. The van der Waals surface area contributed by atoms with Crippen LogP contribution in [0.5, 0.6) is 17.2 Å². The molecule has 0 saturated carbocycles. The van der Waals surface area contributed by atoms with E-state index in [0.29, 0.717) is 29.2 Å². The molecule has 0 fully saturated rings. The molecule has 0 unspecified atom stereocenters. The summed E-state index contributed by atoms with van der Waals surface area (Å²) >= 11 is 0. The van der Waals surface area contributed by atoms with E-state index < -0.39 is 4.92 Å². The van der Waals surface area contributed by atoms with Crippen molar-refractivity contribution in [2.24, 2.45) is 0 Å². The number of nitrogens with zero attached hydrogens (tertiary/aromatic N) is 1. The van der Waals surface area contributed by atoms with Gasteiger partial charge in [0.25, 0.3) is 5.69 Å². The Morgan fingerprint density at radius 3 is 2.67 bits per heavy atom. The molecule has 3 aromatic rings. The number of nitro groups is 1. The van der Waals surface area contributed by atoms with Gasteiger partial charge in [-0.05, 0) is 41.5 Å². The molecule has 1 heterocycles. The quantitative estimate of drug-likeness (QED) is 0.334. The van der Waals surface area contributed by atoms with Gasteiger partial charge < -0.3 is 14.2 Å². The largest absolute Gasteiger partial charge is 0.497 e. The van der Waals surface area contributed by atoms with E-state index in [9.17, 15) is 14.9 Å². The lowest BCUT2D eigenvalue weighted by molar-refractivity contribution is -0.384. The number of carbonyl (C=O) groups excluding carboxylic acids is 1. The van der Waals surface area contributed by atoms with Crippen LogP contribution in [-0.2, 0) is 6.61 Å². The molecule has 0 spiro atoms. The number of rotatable bonds is 6. The van der Waals surface area contributed by atoms with E-state index in [-0.39, 0.29) is 17.2 Å². The van der Waals surface area contributed by atoms with E-state index in [1.807, 2.05) is 24.3 Å². The zero-order valence-corrected chi connectivity index (χ0v) is 16.0. The maximum absolute atomic E-state index is 12.6. The van der Waals surface area contributed by atoms with E-state index in [1.54, 1.807) is 37.4 Å². The van der Waals surface area contributed by atoms with Crippen molar-refractivity contribution >= 4 is 17.5 Å². The highest BCUT2D eigenvalue weighted by molar-refractivity contribution is 6.14. The summed E-state index contributed by atoms with van der Waals surface area (Å²) in [6.45, 7) is 0.334. The van der Waals surface area contributed by atoms with Crippen molar-refractivity contribution in [2.45, 2.75) is 6.61 Å². The van der Waals surface area contributed by atoms with Gasteiger partial charge in [-0.15, -0.1) is 0 Å². The number of allylic oxidation sites excluding steroid dienone is 1. The summed E-state index contributed by atoms with van der Waals surface area (Å²) in [5, 5.41) is 10.9. The number of non-ortho nitro benzene ring substituents is 1. The van der Waals surface area contributed by atoms with Crippen LogP contribution in [0.3, 0.4) is 0 Å². The number of ketones is 1. The van der Waals surface area contributed by atoms with Crippen LogP contribution in [0.4, 0.5) is 5.69 Å². The van der Waals surface area contributed by atoms with Gasteiger partial charge in [-0.3, -0.25) is 14.9 Å². The predicted molar refractivity (Wildman–Crippen MR) is 110 cm³/mol. The summed E-state index contributed by atoms with van der Waals surface area (Å²) in [5.41, 5.74) is 1.81. The van der Waals surface area contributed by atoms with Crippen molar-refractivity contribution in [3.8, 4) is 17.2 Å². The number of hydrogen-bond acceptors (Lipinski definition) is 6. The molecule has 30 heavy (non-hydrogen) atoms. The van der Waals surface area contributed by atoms with E-state index in [4.69, 9.17) is 14.2 Å². The molecular weight excluding hydrogens is 386 g/mol. The molecule has 0 aromatic heterocycles. The van der Waals surface area contributed by atoms with Crippen LogP contribution in [0.15, 0.2) is 72.5 Å². The number of benzene rings is 3. The molecule has 0 radical (unpaired) electrons. The summed E-state index contributed by atoms with van der Waals surface area (Å²) in [4.78, 5) is 23.0. The standard InChI is InChI=1S/C23H17NO6/c1-28-18-7-3-5-16(11-18)14-29-19-8-9-20-21(13-19)30-22(23(20)25)12-15-4-2-6-17(10-15)24(26)27/h2-13H,14H2,1H3. The minimum Gasteiger partial charge on any atom is -0.497 e. The first-order chi connectivity index (χ1) is 14.5. The Bertz CT molecular complexity index is 1170. The molecule has 0 atom stereocenters. The van der Waals surface area contributed by atoms with Crippen LogP contribution >= 0.6 is 0 Å². The molecule has 0 bridgehead atoms. The number of carbonyl (C=O) groups is 1. The number of methoxy groups -OCH3 is 1. The third-order valence-corrected chi connectivity index (χ3v) is 4.56. The van der Waals surface area contributed by atoms with Gasteiger partial charge in [-0.25, -0.2) is 0 Å². The summed E-state index contributed by atoms with van der Waals surface area (Å²) in [6.07, 6.45) is 1.49. The van der Waals surface area contributed by atoms with Crippen molar-refractivity contribution in [3.63, 3.8) is 0 Å². The van der Waals surface area contributed by atoms with Crippen molar-refractivity contribution in [1.82, 2.24) is 0 Å². The Balaban J connectivity index is 1.51.